The van der Waals surface area contributed by atoms with Crippen molar-refractivity contribution in [3.63, 3.8) is 0 Å². The summed E-state index contributed by atoms with van der Waals surface area (Å²) in [5, 5.41) is 5.65. The molecule has 2 N–H and O–H groups in total. The van der Waals surface area contributed by atoms with Crippen LogP contribution >= 0.6 is 0 Å². The molecule has 1 saturated carbocycles. The van der Waals surface area contributed by atoms with E-state index in [0.717, 1.165) is 35.5 Å². The minimum atomic E-state index is -0.831. The fourth-order valence-electron chi connectivity index (χ4n) is 4.28. The second kappa shape index (κ2) is 7.33. The van der Waals surface area contributed by atoms with Crippen molar-refractivity contribution in [3.8, 4) is 11.5 Å². The van der Waals surface area contributed by atoms with Gasteiger partial charge in [0, 0.05) is 6.54 Å². The number of carbonyl (C=O) groups excluding carboxylic acids is 3. The number of ether oxygens (including phenoxy) is 2. The van der Waals surface area contributed by atoms with Crippen molar-refractivity contribution in [2.45, 2.75) is 44.6 Å². The molecule has 1 aromatic carbocycles. The molecule has 28 heavy (non-hydrogen) atoms. The molecule has 8 heteroatoms. The molecule has 3 aliphatic rings. The standard InChI is InChI=1S/C20H25N3O5/c1-13-4-2-3-8-20(13)18(25)23(19(26)22-20)11-17(24)21-9-7-14-5-6-15-16(10-14)28-12-27-15/h5-6,10,13H,2-4,7-9,11-12H2,1H3,(H,21,24)(H,22,26)/t13-,20+/m1/s1. The van der Waals surface area contributed by atoms with Crippen LogP contribution in [0, 0.1) is 5.92 Å². The van der Waals surface area contributed by atoms with E-state index in [0.29, 0.717) is 25.1 Å². The number of hydrogen-bond donors (Lipinski definition) is 2. The second-order valence-corrected chi connectivity index (χ2v) is 7.73. The van der Waals surface area contributed by atoms with Gasteiger partial charge in [-0.2, -0.15) is 0 Å². The van der Waals surface area contributed by atoms with Crippen molar-refractivity contribution >= 4 is 17.8 Å². The van der Waals surface area contributed by atoms with Gasteiger partial charge in [-0.25, -0.2) is 4.79 Å². The van der Waals surface area contributed by atoms with Crippen molar-refractivity contribution in [2.24, 2.45) is 5.92 Å². The number of hydrogen-bond acceptors (Lipinski definition) is 5. The predicted octanol–water partition coefficient (Wildman–Crippen LogP) is 1.57. The first-order chi connectivity index (χ1) is 13.5. The van der Waals surface area contributed by atoms with Crippen molar-refractivity contribution in [3.05, 3.63) is 23.8 Å². The minimum Gasteiger partial charge on any atom is -0.454 e. The summed E-state index contributed by atoms with van der Waals surface area (Å²) in [7, 11) is 0. The van der Waals surface area contributed by atoms with Gasteiger partial charge in [0.05, 0.1) is 0 Å². The van der Waals surface area contributed by atoms with Gasteiger partial charge in [-0.05, 0) is 42.9 Å². The summed E-state index contributed by atoms with van der Waals surface area (Å²) in [6.45, 7) is 2.37. The minimum absolute atomic E-state index is 0.0803. The van der Waals surface area contributed by atoms with Gasteiger partial charge < -0.3 is 20.1 Å². The molecule has 4 rings (SSSR count). The molecule has 1 aliphatic carbocycles. The van der Waals surface area contributed by atoms with Gasteiger partial charge in [0.1, 0.15) is 12.1 Å². The third kappa shape index (κ3) is 3.27. The molecule has 0 radical (unpaired) electrons. The van der Waals surface area contributed by atoms with Crippen LogP contribution in [-0.4, -0.2) is 48.2 Å². The summed E-state index contributed by atoms with van der Waals surface area (Å²) in [5.74, 6) is 0.893. The van der Waals surface area contributed by atoms with E-state index in [-0.39, 0.29) is 31.1 Å². The lowest BCUT2D eigenvalue weighted by Crippen LogP contribution is -2.54. The summed E-state index contributed by atoms with van der Waals surface area (Å²) in [5.41, 5.74) is 0.178. The van der Waals surface area contributed by atoms with Gasteiger partial charge in [-0.15, -0.1) is 0 Å². The normalized spacial score (nSPS) is 25.9. The second-order valence-electron chi connectivity index (χ2n) is 7.73. The quantitative estimate of drug-likeness (QED) is 0.748. The first-order valence-corrected chi connectivity index (χ1v) is 9.79. The molecule has 4 amide bonds. The first kappa shape index (κ1) is 18.6. The Kier molecular flexibility index (Phi) is 4.87. The highest BCUT2D eigenvalue weighted by molar-refractivity contribution is 6.09. The maximum absolute atomic E-state index is 12.9. The van der Waals surface area contributed by atoms with Crippen LogP contribution in [0.25, 0.3) is 0 Å². The molecular formula is C20H25N3O5. The fraction of sp³-hybridized carbons (Fsp3) is 0.550. The maximum Gasteiger partial charge on any atom is 0.325 e. The Morgan fingerprint density at radius 3 is 2.93 bits per heavy atom. The third-order valence-electron chi connectivity index (χ3n) is 5.98. The van der Waals surface area contributed by atoms with E-state index in [1.54, 1.807) is 0 Å². The number of rotatable bonds is 5. The molecule has 2 heterocycles. The van der Waals surface area contributed by atoms with Crippen LogP contribution in [0.4, 0.5) is 4.79 Å². The van der Waals surface area contributed by atoms with Crippen LogP contribution in [0.15, 0.2) is 18.2 Å². The van der Waals surface area contributed by atoms with Crippen LogP contribution in [0.3, 0.4) is 0 Å². The Morgan fingerprint density at radius 2 is 2.11 bits per heavy atom. The highest BCUT2D eigenvalue weighted by Crippen LogP contribution is 2.38. The van der Waals surface area contributed by atoms with Gasteiger partial charge in [0.25, 0.3) is 5.91 Å². The topological polar surface area (TPSA) is 97.0 Å². The van der Waals surface area contributed by atoms with Gasteiger partial charge in [0.15, 0.2) is 11.5 Å². The summed E-state index contributed by atoms with van der Waals surface area (Å²) in [4.78, 5) is 38.6. The first-order valence-electron chi connectivity index (χ1n) is 9.79. The number of fused-ring (bicyclic) bond motifs is 1. The Labute approximate surface area is 163 Å². The monoisotopic (exact) mass is 387 g/mol. The number of nitrogens with one attached hydrogen (secondary N) is 2. The molecule has 2 aliphatic heterocycles. The SMILES string of the molecule is C[C@@H]1CCCC[C@]12NC(=O)N(CC(=O)NCCc1ccc3c(c1)OCO3)C2=O. The van der Waals surface area contributed by atoms with Crippen molar-refractivity contribution in [1.29, 1.82) is 0 Å². The molecule has 1 aromatic rings. The van der Waals surface area contributed by atoms with Crippen LogP contribution < -0.4 is 20.1 Å². The lowest BCUT2D eigenvalue weighted by molar-refractivity contribution is -0.137. The molecule has 150 valence electrons. The highest BCUT2D eigenvalue weighted by Gasteiger charge is 2.55. The molecule has 0 unspecified atom stereocenters. The zero-order valence-corrected chi connectivity index (χ0v) is 16.0. The largest absolute Gasteiger partial charge is 0.454 e. The summed E-state index contributed by atoms with van der Waals surface area (Å²) >= 11 is 0. The van der Waals surface area contributed by atoms with Crippen LogP contribution in [0.1, 0.15) is 38.2 Å². The molecule has 2 atom stereocenters. The molecule has 1 spiro atoms. The number of amides is 4. The van der Waals surface area contributed by atoms with Gasteiger partial charge in [-0.3, -0.25) is 14.5 Å². The van der Waals surface area contributed by atoms with E-state index in [1.165, 1.54) is 0 Å². The third-order valence-corrected chi connectivity index (χ3v) is 5.98. The number of carbonyl (C=O) groups is 3. The molecule has 2 fully saturated rings. The fourth-order valence-corrected chi connectivity index (χ4v) is 4.28. The van der Waals surface area contributed by atoms with Crippen molar-refractivity contribution in [1.82, 2.24) is 15.5 Å². The smallest absolute Gasteiger partial charge is 0.325 e. The van der Waals surface area contributed by atoms with E-state index in [1.807, 2.05) is 25.1 Å². The predicted molar refractivity (Wildman–Crippen MR) is 99.9 cm³/mol. The van der Waals surface area contributed by atoms with E-state index < -0.39 is 11.6 Å². The average Bonchev–Trinajstić information content (AvgIpc) is 3.23. The van der Waals surface area contributed by atoms with Crippen molar-refractivity contribution < 1.29 is 23.9 Å². The Morgan fingerprint density at radius 1 is 1.29 bits per heavy atom. The van der Waals surface area contributed by atoms with Gasteiger partial charge in [0.2, 0.25) is 12.7 Å². The van der Waals surface area contributed by atoms with Gasteiger partial charge >= 0.3 is 6.03 Å². The zero-order chi connectivity index (χ0) is 19.7. The van der Waals surface area contributed by atoms with Crippen LogP contribution in [0.5, 0.6) is 11.5 Å². The Bertz CT molecular complexity index is 811. The number of urea groups is 1. The van der Waals surface area contributed by atoms with E-state index in [2.05, 4.69) is 10.6 Å². The molecular weight excluding hydrogens is 362 g/mol. The number of nitrogens with zero attached hydrogens (tertiary/aromatic N) is 1. The van der Waals surface area contributed by atoms with E-state index >= 15 is 0 Å². The van der Waals surface area contributed by atoms with E-state index in [4.69, 9.17) is 9.47 Å². The van der Waals surface area contributed by atoms with Gasteiger partial charge in [-0.1, -0.05) is 25.8 Å². The lowest BCUT2D eigenvalue weighted by atomic mass is 9.73. The summed E-state index contributed by atoms with van der Waals surface area (Å²) in [6.07, 6.45) is 4.13. The highest BCUT2D eigenvalue weighted by atomic mass is 16.7. The van der Waals surface area contributed by atoms with E-state index in [9.17, 15) is 14.4 Å². The maximum atomic E-state index is 12.9. The van der Waals surface area contributed by atoms with Crippen molar-refractivity contribution in [2.75, 3.05) is 19.9 Å². The molecule has 8 nitrogen and oxygen atoms in total. The molecule has 0 aromatic heterocycles. The lowest BCUT2D eigenvalue weighted by Gasteiger charge is -2.36. The molecule has 0 bridgehead atoms. The van der Waals surface area contributed by atoms with Crippen LogP contribution in [0.2, 0.25) is 0 Å². The number of benzene rings is 1. The summed E-state index contributed by atoms with van der Waals surface area (Å²) in [6, 6.07) is 5.19. The van der Waals surface area contributed by atoms with Crippen LogP contribution in [-0.2, 0) is 16.0 Å². The Balaban J connectivity index is 1.30. The zero-order valence-electron chi connectivity index (χ0n) is 16.0. The molecule has 1 saturated heterocycles. The number of imide groups is 1. The summed E-state index contributed by atoms with van der Waals surface area (Å²) < 4.78 is 10.6. The average molecular weight is 387 g/mol. The Hall–Kier alpha value is -2.77.